The molecule has 1 aromatic carbocycles. The molecule has 0 aliphatic heterocycles. The minimum absolute atomic E-state index is 0.0295. The first-order valence-corrected chi connectivity index (χ1v) is 10.9. The van der Waals surface area contributed by atoms with Gasteiger partial charge in [-0.25, -0.2) is 4.98 Å². The zero-order chi connectivity index (χ0) is 22.0. The molecular formula is C24H32N6O. The highest BCUT2D eigenvalue weighted by molar-refractivity contribution is 5.97. The fourth-order valence-corrected chi connectivity index (χ4v) is 4.30. The second-order valence-electron chi connectivity index (χ2n) is 8.82. The van der Waals surface area contributed by atoms with Crippen LogP contribution in [0.25, 0.3) is 11.0 Å². The maximum atomic E-state index is 12.8. The molecule has 1 N–H and O–H groups in total. The highest BCUT2D eigenvalue weighted by Crippen LogP contribution is 2.32. The molecule has 7 nitrogen and oxygen atoms in total. The summed E-state index contributed by atoms with van der Waals surface area (Å²) in [5.74, 6) is 0.938. The average molecular weight is 421 g/mol. The first kappa shape index (κ1) is 21.5. The third kappa shape index (κ3) is 4.78. The molecule has 2 heterocycles. The van der Waals surface area contributed by atoms with E-state index in [4.69, 9.17) is 4.98 Å². The van der Waals surface area contributed by atoms with E-state index in [1.165, 1.54) is 17.7 Å². The van der Waals surface area contributed by atoms with E-state index in [1.807, 2.05) is 51.6 Å². The van der Waals surface area contributed by atoms with Gasteiger partial charge in [-0.3, -0.25) is 14.7 Å². The second kappa shape index (κ2) is 9.16. The first-order valence-electron chi connectivity index (χ1n) is 10.9. The van der Waals surface area contributed by atoms with Gasteiger partial charge < -0.3 is 14.8 Å². The molecule has 1 atom stereocenters. The van der Waals surface area contributed by atoms with Gasteiger partial charge in [0.05, 0.1) is 29.3 Å². The molecule has 1 aliphatic rings. The van der Waals surface area contributed by atoms with Crippen LogP contribution in [-0.2, 0) is 13.0 Å². The lowest BCUT2D eigenvalue weighted by atomic mass is 9.91. The van der Waals surface area contributed by atoms with Crippen molar-refractivity contribution < 1.29 is 4.79 Å². The van der Waals surface area contributed by atoms with Gasteiger partial charge in [-0.05, 0) is 70.2 Å². The average Bonchev–Trinajstić information content (AvgIpc) is 3.17. The molecule has 1 aliphatic carbocycles. The van der Waals surface area contributed by atoms with E-state index in [1.54, 1.807) is 4.90 Å². The van der Waals surface area contributed by atoms with E-state index >= 15 is 0 Å². The van der Waals surface area contributed by atoms with Crippen LogP contribution < -0.4 is 0 Å². The smallest absolute Gasteiger partial charge is 0.253 e. The van der Waals surface area contributed by atoms with E-state index < -0.39 is 0 Å². The number of hydrogen-bond acceptors (Lipinski definition) is 5. The molecule has 0 spiro atoms. The molecule has 1 unspecified atom stereocenters. The Bertz CT molecular complexity index is 1060. The molecule has 7 heteroatoms. The van der Waals surface area contributed by atoms with Crippen LogP contribution in [0.2, 0.25) is 0 Å². The fourth-order valence-electron chi connectivity index (χ4n) is 4.30. The van der Waals surface area contributed by atoms with Gasteiger partial charge in [0.25, 0.3) is 5.91 Å². The number of aryl methyl sites for hydroxylation is 1. The Labute approximate surface area is 184 Å². The van der Waals surface area contributed by atoms with Crippen molar-refractivity contribution >= 4 is 16.9 Å². The molecule has 1 amide bonds. The van der Waals surface area contributed by atoms with Crippen LogP contribution in [0.4, 0.5) is 0 Å². The largest absolute Gasteiger partial charge is 0.341 e. The van der Waals surface area contributed by atoms with Crippen LogP contribution >= 0.6 is 0 Å². The van der Waals surface area contributed by atoms with Crippen molar-refractivity contribution in [2.75, 3.05) is 41.3 Å². The number of hydrogen-bond donors (Lipinski definition) is 1. The van der Waals surface area contributed by atoms with Crippen molar-refractivity contribution in [3.63, 3.8) is 0 Å². The Morgan fingerprint density at radius 1 is 1.16 bits per heavy atom. The van der Waals surface area contributed by atoms with Gasteiger partial charge in [-0.2, -0.15) is 0 Å². The van der Waals surface area contributed by atoms with Gasteiger partial charge in [-0.15, -0.1) is 0 Å². The van der Waals surface area contributed by atoms with E-state index in [2.05, 4.69) is 32.9 Å². The van der Waals surface area contributed by atoms with Crippen LogP contribution in [0.5, 0.6) is 0 Å². The summed E-state index contributed by atoms with van der Waals surface area (Å²) in [6, 6.07) is 10.2. The van der Waals surface area contributed by atoms with Crippen molar-refractivity contribution in [2.24, 2.45) is 0 Å². The minimum Gasteiger partial charge on any atom is -0.341 e. The maximum Gasteiger partial charge on any atom is 0.253 e. The Morgan fingerprint density at radius 2 is 2.00 bits per heavy atom. The Hall–Kier alpha value is -2.77. The second-order valence-corrected chi connectivity index (χ2v) is 8.82. The number of carbonyl (C=O) groups excluding carboxylic acids is 1. The van der Waals surface area contributed by atoms with Crippen LogP contribution in [0.1, 0.15) is 46.3 Å². The predicted octanol–water partition coefficient (Wildman–Crippen LogP) is 3.10. The van der Waals surface area contributed by atoms with Crippen molar-refractivity contribution in [3.05, 3.63) is 59.2 Å². The number of aromatic amines is 1. The van der Waals surface area contributed by atoms with Crippen LogP contribution in [0.15, 0.2) is 36.5 Å². The van der Waals surface area contributed by atoms with E-state index in [-0.39, 0.29) is 5.91 Å². The number of imidazole rings is 1. The van der Waals surface area contributed by atoms with Crippen molar-refractivity contribution in [3.8, 4) is 0 Å². The lowest BCUT2D eigenvalue weighted by Crippen LogP contribution is -2.33. The maximum absolute atomic E-state index is 12.8. The number of amides is 1. The van der Waals surface area contributed by atoms with Gasteiger partial charge in [0.2, 0.25) is 0 Å². The molecule has 0 fully saturated rings. The number of carbonyl (C=O) groups is 1. The van der Waals surface area contributed by atoms with Crippen molar-refractivity contribution in [1.82, 2.24) is 29.7 Å². The SMILES string of the molecule is CN(C)CCN(C)C(=O)c1ccc2nc(CN(C)C3CCCc4cccnc43)[nH]c2c1. The first-order chi connectivity index (χ1) is 14.9. The topological polar surface area (TPSA) is 68.4 Å². The summed E-state index contributed by atoms with van der Waals surface area (Å²) in [6.07, 6.45) is 5.29. The zero-order valence-corrected chi connectivity index (χ0v) is 18.9. The number of pyridine rings is 1. The molecule has 31 heavy (non-hydrogen) atoms. The number of fused-ring (bicyclic) bond motifs is 2. The highest BCUT2D eigenvalue weighted by Gasteiger charge is 2.25. The molecular weight excluding hydrogens is 388 g/mol. The highest BCUT2D eigenvalue weighted by atomic mass is 16.2. The summed E-state index contributed by atoms with van der Waals surface area (Å²) in [4.78, 5) is 31.8. The standard InChI is InChI=1S/C24H32N6O/c1-28(2)13-14-29(3)24(31)18-10-11-19-20(15-18)27-22(26-19)16-30(4)21-9-5-7-17-8-6-12-25-23(17)21/h6,8,10-12,15,21H,5,7,9,13-14,16H2,1-4H3,(H,26,27). The van der Waals surface area contributed by atoms with Gasteiger partial charge in [0.15, 0.2) is 0 Å². The summed E-state index contributed by atoms with van der Waals surface area (Å²) in [6.45, 7) is 2.24. The van der Waals surface area contributed by atoms with Gasteiger partial charge in [-0.1, -0.05) is 6.07 Å². The Morgan fingerprint density at radius 3 is 2.81 bits per heavy atom. The van der Waals surface area contributed by atoms with Crippen LogP contribution in [0.3, 0.4) is 0 Å². The molecule has 4 rings (SSSR count). The molecule has 0 saturated carbocycles. The molecule has 3 aromatic rings. The molecule has 0 saturated heterocycles. The van der Waals surface area contributed by atoms with Crippen molar-refractivity contribution in [1.29, 1.82) is 0 Å². The fraction of sp³-hybridized carbons (Fsp3) is 0.458. The Kier molecular flexibility index (Phi) is 6.34. The zero-order valence-electron chi connectivity index (χ0n) is 18.9. The Balaban J connectivity index is 1.48. The number of aromatic nitrogens is 3. The normalized spacial score (nSPS) is 16.1. The summed E-state index contributed by atoms with van der Waals surface area (Å²) >= 11 is 0. The third-order valence-electron chi connectivity index (χ3n) is 6.10. The molecule has 0 bridgehead atoms. The number of benzene rings is 1. The lowest BCUT2D eigenvalue weighted by molar-refractivity contribution is 0.0786. The van der Waals surface area contributed by atoms with E-state index in [0.717, 1.165) is 36.2 Å². The lowest BCUT2D eigenvalue weighted by Gasteiger charge is -2.31. The number of likely N-dealkylation sites (N-methyl/N-ethyl adjacent to an activating group) is 2. The summed E-state index contributed by atoms with van der Waals surface area (Å²) in [5.41, 5.74) is 5.02. The number of H-pyrrole nitrogens is 1. The summed E-state index contributed by atoms with van der Waals surface area (Å²) in [7, 11) is 8.00. The summed E-state index contributed by atoms with van der Waals surface area (Å²) < 4.78 is 0. The van der Waals surface area contributed by atoms with Crippen LogP contribution in [0, 0.1) is 0 Å². The van der Waals surface area contributed by atoms with Crippen LogP contribution in [-0.4, -0.2) is 76.8 Å². The third-order valence-corrected chi connectivity index (χ3v) is 6.10. The molecule has 0 radical (unpaired) electrons. The monoisotopic (exact) mass is 420 g/mol. The number of nitrogens with one attached hydrogen (secondary N) is 1. The van der Waals surface area contributed by atoms with E-state index in [0.29, 0.717) is 24.7 Å². The van der Waals surface area contributed by atoms with Gasteiger partial charge >= 0.3 is 0 Å². The van der Waals surface area contributed by atoms with Gasteiger partial charge in [0, 0.05) is 31.9 Å². The molecule has 2 aromatic heterocycles. The number of nitrogens with zero attached hydrogens (tertiary/aromatic N) is 5. The minimum atomic E-state index is 0.0295. The van der Waals surface area contributed by atoms with Gasteiger partial charge in [0.1, 0.15) is 5.82 Å². The van der Waals surface area contributed by atoms with Crippen molar-refractivity contribution in [2.45, 2.75) is 31.8 Å². The summed E-state index contributed by atoms with van der Waals surface area (Å²) in [5, 5.41) is 0. The molecule has 164 valence electrons. The van der Waals surface area contributed by atoms with E-state index in [9.17, 15) is 4.79 Å². The number of rotatable bonds is 7. The quantitative estimate of drug-likeness (QED) is 0.636. The predicted molar refractivity (Wildman–Crippen MR) is 123 cm³/mol.